The molecule has 0 spiro atoms. The molecule has 0 amide bonds. The minimum absolute atomic E-state index is 0.793. The molecule has 4 aromatic heterocycles. The fraction of sp³-hybridized carbons (Fsp3) is 0. The molecule has 0 aliphatic rings. The molecule has 55 heavy (non-hydrogen) atoms. The predicted octanol–water partition coefficient (Wildman–Crippen LogP) is 13.9. The zero-order valence-corrected chi connectivity index (χ0v) is 29.6. The van der Waals surface area contributed by atoms with Crippen LogP contribution in [0.4, 0.5) is 17.1 Å². The van der Waals surface area contributed by atoms with Crippen LogP contribution in [0.25, 0.3) is 88.3 Å². The van der Waals surface area contributed by atoms with Crippen molar-refractivity contribution in [1.29, 1.82) is 0 Å². The van der Waals surface area contributed by atoms with Crippen LogP contribution in [-0.4, -0.2) is 9.97 Å². The average Bonchev–Trinajstić information content (AvgIpc) is 3.83. The van der Waals surface area contributed by atoms with Crippen molar-refractivity contribution in [2.75, 3.05) is 4.90 Å². The van der Waals surface area contributed by atoms with E-state index in [9.17, 15) is 0 Å². The average molecular weight is 706 g/mol. The molecule has 0 saturated heterocycles. The van der Waals surface area contributed by atoms with Crippen molar-refractivity contribution in [2.24, 2.45) is 0 Å². The molecule has 4 heterocycles. The van der Waals surface area contributed by atoms with Gasteiger partial charge in [0.25, 0.3) is 0 Å². The van der Waals surface area contributed by atoms with Gasteiger partial charge >= 0.3 is 0 Å². The Balaban J connectivity index is 1.01. The zero-order valence-electron chi connectivity index (χ0n) is 29.6. The largest absolute Gasteiger partial charge is 0.454 e. The van der Waals surface area contributed by atoms with Gasteiger partial charge < -0.3 is 13.7 Å². The third kappa shape index (κ3) is 5.17. The van der Waals surface area contributed by atoms with Crippen LogP contribution in [0.1, 0.15) is 0 Å². The molecule has 11 aromatic rings. The molecule has 0 N–H and O–H groups in total. The lowest BCUT2D eigenvalue weighted by Gasteiger charge is -2.26. The van der Waals surface area contributed by atoms with Gasteiger partial charge in [-0.3, -0.25) is 9.97 Å². The van der Waals surface area contributed by atoms with E-state index in [4.69, 9.17) is 18.8 Å². The third-order valence-electron chi connectivity index (χ3n) is 10.6. The minimum Gasteiger partial charge on any atom is -0.454 e. The Hall–Kier alpha value is -7.50. The molecular formula is C50H31N3O2. The number of para-hydroxylation sites is 2. The summed E-state index contributed by atoms with van der Waals surface area (Å²) in [4.78, 5) is 11.8. The van der Waals surface area contributed by atoms with Gasteiger partial charge in [0.05, 0.1) is 0 Å². The molecule has 0 unspecified atom stereocenters. The Morgan fingerprint density at radius 1 is 0.345 bits per heavy atom. The summed E-state index contributed by atoms with van der Waals surface area (Å²) in [6.45, 7) is 0. The second kappa shape index (κ2) is 12.6. The normalized spacial score (nSPS) is 11.6. The number of furan rings is 2. The van der Waals surface area contributed by atoms with Gasteiger partial charge in [-0.25, -0.2) is 0 Å². The molecule has 0 radical (unpaired) electrons. The van der Waals surface area contributed by atoms with E-state index in [2.05, 4.69) is 132 Å². The van der Waals surface area contributed by atoms with Crippen molar-refractivity contribution >= 4 is 71.7 Å². The highest BCUT2D eigenvalue weighted by Gasteiger charge is 2.18. The topological polar surface area (TPSA) is 55.3 Å². The Bertz CT molecular complexity index is 3030. The number of fused-ring (bicyclic) bond motifs is 7. The van der Waals surface area contributed by atoms with Crippen LogP contribution in [0, 0.1) is 0 Å². The van der Waals surface area contributed by atoms with Gasteiger partial charge in [0.1, 0.15) is 22.6 Å². The Morgan fingerprint density at radius 2 is 0.782 bits per heavy atom. The summed E-state index contributed by atoms with van der Waals surface area (Å²) in [6, 6.07) is 61.3. The standard InChI is InChI=1S/C50H31N3O2/c1-2-10-39-32(8-1)9-7-13-40(39)33-16-22-36(23-17-33)53(37-24-18-34(19-25-37)47-49-43(28-30-51-47)41-11-3-5-14-45(41)54-49)38-26-20-35(21-27-38)48-50-44(29-31-52-48)42-12-4-6-15-46(42)55-50/h1-31H. The molecule has 0 saturated carbocycles. The van der Waals surface area contributed by atoms with Crippen molar-refractivity contribution in [1.82, 2.24) is 9.97 Å². The van der Waals surface area contributed by atoms with Gasteiger partial charge in [0.2, 0.25) is 0 Å². The number of benzene rings is 7. The van der Waals surface area contributed by atoms with E-state index in [-0.39, 0.29) is 0 Å². The number of anilines is 3. The smallest absolute Gasteiger partial charge is 0.161 e. The van der Waals surface area contributed by atoms with Gasteiger partial charge in [-0.1, -0.05) is 115 Å². The quantitative estimate of drug-likeness (QED) is 0.172. The van der Waals surface area contributed by atoms with Gasteiger partial charge in [0, 0.05) is 62.1 Å². The van der Waals surface area contributed by atoms with Crippen LogP contribution in [0.3, 0.4) is 0 Å². The fourth-order valence-electron chi connectivity index (χ4n) is 7.97. The highest BCUT2D eigenvalue weighted by molar-refractivity contribution is 6.09. The first-order chi connectivity index (χ1) is 27.3. The summed E-state index contributed by atoms with van der Waals surface area (Å²) in [5.74, 6) is 0. The third-order valence-corrected chi connectivity index (χ3v) is 10.6. The van der Waals surface area contributed by atoms with Crippen molar-refractivity contribution in [3.05, 3.63) is 188 Å². The maximum absolute atomic E-state index is 6.34. The Labute approximate surface area is 316 Å². The van der Waals surface area contributed by atoms with Crippen molar-refractivity contribution in [2.45, 2.75) is 0 Å². The SMILES string of the molecule is c1ccc2c(-c3ccc(N(c4ccc(-c5nccc6c5oc5ccccc56)cc4)c4ccc(-c5nccc6c5oc5ccccc56)cc4)cc3)cccc2c1. The number of hydrogen-bond donors (Lipinski definition) is 0. The summed E-state index contributed by atoms with van der Waals surface area (Å²) >= 11 is 0. The van der Waals surface area contributed by atoms with Crippen LogP contribution in [0.5, 0.6) is 0 Å². The molecule has 0 bridgehead atoms. The van der Waals surface area contributed by atoms with Gasteiger partial charge in [-0.15, -0.1) is 0 Å². The maximum Gasteiger partial charge on any atom is 0.161 e. The number of rotatable bonds is 6. The molecule has 11 rings (SSSR count). The zero-order chi connectivity index (χ0) is 36.3. The highest BCUT2D eigenvalue weighted by atomic mass is 16.3. The van der Waals surface area contributed by atoms with Gasteiger partial charge in [0.15, 0.2) is 11.2 Å². The van der Waals surface area contributed by atoms with Crippen LogP contribution in [0.2, 0.25) is 0 Å². The minimum atomic E-state index is 0.793. The molecule has 0 aliphatic heterocycles. The second-order valence-corrected chi connectivity index (χ2v) is 13.8. The predicted molar refractivity (Wildman–Crippen MR) is 225 cm³/mol. The van der Waals surface area contributed by atoms with E-state index in [1.165, 1.54) is 21.9 Å². The number of hydrogen-bond acceptors (Lipinski definition) is 5. The van der Waals surface area contributed by atoms with E-state index in [0.29, 0.717) is 0 Å². The van der Waals surface area contributed by atoms with E-state index in [1.54, 1.807) is 0 Å². The lowest BCUT2D eigenvalue weighted by atomic mass is 9.98. The second-order valence-electron chi connectivity index (χ2n) is 13.8. The van der Waals surface area contributed by atoms with E-state index in [1.807, 2.05) is 60.9 Å². The van der Waals surface area contributed by atoms with Crippen LogP contribution < -0.4 is 4.90 Å². The van der Waals surface area contributed by atoms with Crippen molar-refractivity contribution < 1.29 is 8.83 Å². The van der Waals surface area contributed by atoms with E-state index in [0.717, 1.165) is 83.5 Å². The molecular weight excluding hydrogens is 675 g/mol. The molecule has 258 valence electrons. The number of nitrogens with zero attached hydrogens (tertiary/aromatic N) is 3. The number of aromatic nitrogens is 2. The van der Waals surface area contributed by atoms with Crippen LogP contribution in [0.15, 0.2) is 197 Å². The van der Waals surface area contributed by atoms with Crippen LogP contribution in [-0.2, 0) is 0 Å². The first-order valence-corrected chi connectivity index (χ1v) is 18.4. The number of pyridine rings is 2. The summed E-state index contributed by atoms with van der Waals surface area (Å²) in [7, 11) is 0. The van der Waals surface area contributed by atoms with Crippen molar-refractivity contribution in [3.63, 3.8) is 0 Å². The summed E-state index contributed by atoms with van der Waals surface area (Å²) in [6.07, 6.45) is 3.72. The molecule has 7 aromatic carbocycles. The van der Waals surface area contributed by atoms with Gasteiger partial charge in [-0.05, 0) is 82.6 Å². The summed E-state index contributed by atoms with van der Waals surface area (Å²) in [5, 5.41) is 6.77. The first-order valence-electron chi connectivity index (χ1n) is 18.4. The van der Waals surface area contributed by atoms with Gasteiger partial charge in [-0.2, -0.15) is 0 Å². The molecule has 0 aliphatic carbocycles. The molecule has 0 atom stereocenters. The van der Waals surface area contributed by atoms with Crippen LogP contribution >= 0.6 is 0 Å². The summed E-state index contributed by atoms with van der Waals surface area (Å²) in [5.41, 5.74) is 12.4. The lowest BCUT2D eigenvalue weighted by molar-refractivity contribution is 0.668. The monoisotopic (exact) mass is 705 g/mol. The van der Waals surface area contributed by atoms with Crippen molar-refractivity contribution in [3.8, 4) is 33.6 Å². The summed E-state index contributed by atoms with van der Waals surface area (Å²) < 4.78 is 12.7. The Kier molecular flexibility index (Phi) is 7.10. The fourth-order valence-corrected chi connectivity index (χ4v) is 7.97. The van der Waals surface area contributed by atoms with E-state index < -0.39 is 0 Å². The molecule has 0 fully saturated rings. The molecule has 5 nitrogen and oxygen atoms in total. The Morgan fingerprint density at radius 3 is 1.31 bits per heavy atom. The highest BCUT2D eigenvalue weighted by Crippen LogP contribution is 2.41. The first kappa shape index (κ1) is 31.1. The lowest BCUT2D eigenvalue weighted by Crippen LogP contribution is -2.09. The molecule has 5 heteroatoms. The van der Waals surface area contributed by atoms with E-state index >= 15 is 0 Å². The maximum atomic E-state index is 6.34.